The molecule has 194 valence electrons. The topological polar surface area (TPSA) is 73.9 Å². The largest absolute Gasteiger partial charge is 0.368 e. The lowest BCUT2D eigenvalue weighted by molar-refractivity contribution is 0.217. The molecule has 0 radical (unpaired) electrons. The molecule has 0 spiro atoms. The minimum atomic E-state index is -0.323. The highest BCUT2D eigenvalue weighted by atomic mass is 15.4. The Hall–Kier alpha value is -4.72. The molecule has 39 heavy (non-hydrogen) atoms. The molecule has 4 atom stereocenters. The van der Waals surface area contributed by atoms with Crippen molar-refractivity contribution in [2.75, 3.05) is 7.05 Å². The summed E-state index contributed by atoms with van der Waals surface area (Å²) >= 11 is 0. The summed E-state index contributed by atoms with van der Waals surface area (Å²) in [6.45, 7) is 2.34. The van der Waals surface area contributed by atoms with Crippen molar-refractivity contribution in [3.05, 3.63) is 115 Å². The van der Waals surface area contributed by atoms with Gasteiger partial charge in [-0.3, -0.25) is 4.57 Å². The Kier molecular flexibility index (Phi) is 5.54. The monoisotopic (exact) mass is 514 g/mol. The predicted molar refractivity (Wildman–Crippen MR) is 155 cm³/mol. The van der Waals surface area contributed by atoms with Crippen LogP contribution in [0.1, 0.15) is 25.5 Å². The molecule has 0 amide bonds. The zero-order chi connectivity index (χ0) is 26.4. The lowest BCUT2D eigenvalue weighted by Gasteiger charge is -2.40. The van der Waals surface area contributed by atoms with Crippen LogP contribution in [0.2, 0.25) is 0 Å². The summed E-state index contributed by atoms with van der Waals surface area (Å²) < 4.78 is 2.10. The first-order valence-electron chi connectivity index (χ1n) is 13.3. The smallest absolute Gasteiger partial charge is 0.207 e. The minimum absolute atomic E-state index is 0.0787. The summed E-state index contributed by atoms with van der Waals surface area (Å²) in [6.07, 6.45) is 28.2. The third kappa shape index (κ3) is 3.74. The molecule has 3 aliphatic heterocycles. The number of nitrogens with zero attached hydrogens (tertiary/aromatic N) is 7. The van der Waals surface area contributed by atoms with Gasteiger partial charge in [0.15, 0.2) is 11.6 Å². The summed E-state index contributed by atoms with van der Waals surface area (Å²) in [6, 6.07) is 10.6. The predicted octanol–water partition coefficient (Wildman–Crippen LogP) is 4.82. The standard InChI is InChI=1S/C31H30N8/c1-31-17-7-6-10-27(31)38(26-16-19-32-18-15-25(26)31)24-13-11-23(12-14-24)29-36-35-28(22-8-4-3-5-9-22)39(29)30-34-20-33-21-37(30)2/h3-13,15-21,24,27,30,32H,14H2,1-2H3. The number of benzene rings is 1. The van der Waals surface area contributed by atoms with Crippen molar-refractivity contribution < 1.29 is 0 Å². The zero-order valence-corrected chi connectivity index (χ0v) is 22.0. The number of fused-ring (bicyclic) bond motifs is 2. The van der Waals surface area contributed by atoms with Gasteiger partial charge in [-0.25, -0.2) is 9.98 Å². The maximum Gasteiger partial charge on any atom is 0.207 e. The van der Waals surface area contributed by atoms with Crippen LogP contribution in [0, 0.1) is 5.41 Å². The van der Waals surface area contributed by atoms with Crippen molar-refractivity contribution >= 4 is 18.3 Å². The van der Waals surface area contributed by atoms with E-state index in [2.05, 4.69) is 109 Å². The van der Waals surface area contributed by atoms with Crippen LogP contribution < -0.4 is 5.32 Å². The summed E-state index contributed by atoms with van der Waals surface area (Å²) in [5.74, 6) is 1.57. The summed E-state index contributed by atoms with van der Waals surface area (Å²) in [5, 5.41) is 12.6. The molecule has 0 saturated carbocycles. The van der Waals surface area contributed by atoms with E-state index in [1.54, 1.807) is 12.7 Å². The Morgan fingerprint density at radius 1 is 0.974 bits per heavy atom. The first-order valence-corrected chi connectivity index (χ1v) is 13.3. The molecule has 0 saturated heterocycles. The van der Waals surface area contributed by atoms with E-state index in [0.717, 1.165) is 29.2 Å². The molecule has 4 unspecified atom stereocenters. The highest BCUT2D eigenvalue weighted by Crippen LogP contribution is 2.50. The number of aliphatic imine (C=N–C) groups is 2. The van der Waals surface area contributed by atoms with Crippen molar-refractivity contribution in [3.8, 4) is 11.4 Å². The Morgan fingerprint density at radius 3 is 2.64 bits per heavy atom. The van der Waals surface area contributed by atoms with E-state index in [9.17, 15) is 0 Å². The van der Waals surface area contributed by atoms with E-state index in [0.29, 0.717) is 0 Å². The normalized spacial score (nSPS) is 28.5. The van der Waals surface area contributed by atoms with Crippen molar-refractivity contribution in [2.24, 2.45) is 15.4 Å². The number of hydrogen-bond acceptors (Lipinski definition) is 7. The van der Waals surface area contributed by atoms with Gasteiger partial charge in [-0.15, -0.1) is 10.2 Å². The maximum atomic E-state index is 4.68. The minimum Gasteiger partial charge on any atom is -0.368 e. The fraction of sp³-hybridized carbons (Fsp3) is 0.226. The number of allylic oxidation sites excluding steroid dienone is 6. The molecule has 8 heteroatoms. The highest BCUT2D eigenvalue weighted by molar-refractivity contribution is 5.75. The molecule has 1 N–H and O–H groups in total. The van der Waals surface area contributed by atoms with Crippen molar-refractivity contribution in [2.45, 2.75) is 31.7 Å². The first kappa shape index (κ1) is 23.4. The molecule has 1 aromatic carbocycles. The molecule has 0 bridgehead atoms. The average molecular weight is 515 g/mol. The van der Waals surface area contributed by atoms with Crippen LogP contribution in [0.4, 0.5) is 0 Å². The molecule has 2 aromatic rings. The van der Waals surface area contributed by atoms with Crippen LogP contribution in [0.15, 0.2) is 119 Å². The van der Waals surface area contributed by atoms with Gasteiger partial charge in [0.2, 0.25) is 6.29 Å². The lowest BCUT2D eigenvalue weighted by Crippen LogP contribution is -2.44. The van der Waals surface area contributed by atoms with E-state index in [1.165, 1.54) is 11.3 Å². The Labute approximate surface area is 228 Å². The molecular formula is C31H30N8. The molecular weight excluding hydrogens is 484 g/mol. The van der Waals surface area contributed by atoms with Gasteiger partial charge < -0.3 is 15.1 Å². The Morgan fingerprint density at radius 2 is 1.82 bits per heavy atom. The molecule has 7 rings (SSSR count). The molecule has 4 heterocycles. The van der Waals surface area contributed by atoms with Gasteiger partial charge in [-0.1, -0.05) is 72.9 Å². The van der Waals surface area contributed by atoms with Crippen molar-refractivity contribution in [1.82, 2.24) is 29.9 Å². The second-order valence-corrected chi connectivity index (χ2v) is 10.5. The van der Waals surface area contributed by atoms with Gasteiger partial charge in [0.25, 0.3) is 0 Å². The number of rotatable bonds is 4. The third-order valence-electron chi connectivity index (χ3n) is 8.11. The third-order valence-corrected chi connectivity index (χ3v) is 8.11. The quantitative estimate of drug-likeness (QED) is 0.634. The summed E-state index contributed by atoms with van der Waals surface area (Å²) in [4.78, 5) is 13.4. The van der Waals surface area contributed by atoms with Gasteiger partial charge in [0.1, 0.15) is 6.34 Å². The van der Waals surface area contributed by atoms with E-state index in [-0.39, 0.29) is 23.8 Å². The molecule has 8 nitrogen and oxygen atoms in total. The van der Waals surface area contributed by atoms with Gasteiger partial charge >= 0.3 is 0 Å². The first-order chi connectivity index (χ1) is 19.1. The second kappa shape index (κ2) is 9.23. The second-order valence-electron chi connectivity index (χ2n) is 10.5. The number of hydrogen-bond donors (Lipinski definition) is 1. The van der Waals surface area contributed by atoms with E-state index in [1.807, 2.05) is 42.5 Å². The van der Waals surface area contributed by atoms with Crippen LogP contribution in [0.3, 0.4) is 0 Å². The van der Waals surface area contributed by atoms with Crippen molar-refractivity contribution in [3.63, 3.8) is 0 Å². The Balaban J connectivity index is 1.25. The highest BCUT2D eigenvalue weighted by Gasteiger charge is 2.48. The Bertz CT molecular complexity index is 1560. The van der Waals surface area contributed by atoms with Crippen LogP contribution in [-0.4, -0.2) is 56.4 Å². The van der Waals surface area contributed by atoms with Crippen LogP contribution in [0.5, 0.6) is 0 Å². The number of nitrogens with one attached hydrogen (secondary N) is 1. The molecule has 2 aliphatic carbocycles. The van der Waals surface area contributed by atoms with Crippen LogP contribution in [-0.2, 0) is 0 Å². The number of aromatic nitrogens is 3. The van der Waals surface area contributed by atoms with Crippen molar-refractivity contribution in [1.29, 1.82) is 0 Å². The van der Waals surface area contributed by atoms with Crippen LogP contribution >= 0.6 is 0 Å². The van der Waals surface area contributed by atoms with Gasteiger partial charge in [-0.05, 0) is 31.1 Å². The maximum absolute atomic E-state index is 4.68. The summed E-state index contributed by atoms with van der Waals surface area (Å²) in [7, 11) is 1.97. The van der Waals surface area contributed by atoms with E-state index < -0.39 is 0 Å². The fourth-order valence-electron chi connectivity index (χ4n) is 6.18. The molecule has 1 aromatic heterocycles. The average Bonchev–Trinajstić information content (AvgIpc) is 3.40. The zero-order valence-electron chi connectivity index (χ0n) is 22.0. The lowest BCUT2D eigenvalue weighted by atomic mass is 9.75. The summed E-state index contributed by atoms with van der Waals surface area (Å²) in [5.41, 5.74) is 4.56. The van der Waals surface area contributed by atoms with Gasteiger partial charge in [-0.2, -0.15) is 0 Å². The SMILES string of the molecule is CN1C=NC=NC1n1c(C2=CCC(N3C4=C(C=CNC=C4)C4(C)C=CC=CC34)C=C2)nnc1-c1ccccc1. The van der Waals surface area contributed by atoms with Gasteiger partial charge in [0, 0.05) is 41.7 Å². The van der Waals surface area contributed by atoms with E-state index >= 15 is 0 Å². The van der Waals surface area contributed by atoms with Gasteiger partial charge in [0.05, 0.1) is 18.4 Å². The fourth-order valence-corrected chi connectivity index (χ4v) is 6.18. The molecule has 5 aliphatic rings. The van der Waals surface area contributed by atoms with E-state index in [4.69, 9.17) is 0 Å². The molecule has 0 fully saturated rings. The van der Waals surface area contributed by atoms with Crippen LogP contribution in [0.25, 0.3) is 17.0 Å².